The van der Waals surface area contributed by atoms with Crippen molar-refractivity contribution in [2.75, 3.05) is 27.4 Å². The zero-order chi connectivity index (χ0) is 18.6. The van der Waals surface area contributed by atoms with Crippen molar-refractivity contribution >= 4 is 23.9 Å². The summed E-state index contributed by atoms with van der Waals surface area (Å²) >= 11 is 0. The zero-order valence-electron chi connectivity index (χ0n) is 14.5. The van der Waals surface area contributed by atoms with E-state index in [1.807, 2.05) is 0 Å². The number of Topliss-reactive ketones (excluding diaryl/α,β-unsaturated/α-hetero) is 1. The van der Waals surface area contributed by atoms with Gasteiger partial charge in [-0.05, 0) is 26.7 Å². The third kappa shape index (κ3) is 6.80. The minimum atomic E-state index is -1.62. The first-order valence-electron chi connectivity index (χ1n) is 7.44. The van der Waals surface area contributed by atoms with Crippen molar-refractivity contribution in [1.82, 2.24) is 0 Å². The first kappa shape index (κ1) is 21.6. The van der Waals surface area contributed by atoms with Gasteiger partial charge in [0.2, 0.25) is 0 Å². The maximum absolute atomic E-state index is 12.1. The maximum atomic E-state index is 12.1. The van der Waals surface area contributed by atoms with Gasteiger partial charge in [0.15, 0.2) is 5.41 Å². The molecule has 136 valence electrons. The summed E-state index contributed by atoms with van der Waals surface area (Å²) in [6, 6.07) is 0. The Morgan fingerprint density at radius 3 is 2.00 bits per heavy atom. The Labute approximate surface area is 141 Å². The van der Waals surface area contributed by atoms with Crippen molar-refractivity contribution < 1.29 is 38.1 Å². The molecular weight excluding hydrogens is 320 g/mol. The molecule has 0 aliphatic carbocycles. The highest BCUT2D eigenvalue weighted by atomic mass is 16.7. The lowest BCUT2D eigenvalue weighted by Crippen LogP contribution is -2.41. The van der Waals surface area contributed by atoms with Crippen molar-refractivity contribution in [1.29, 1.82) is 0 Å². The van der Waals surface area contributed by atoms with Crippen LogP contribution in [0.2, 0.25) is 0 Å². The summed E-state index contributed by atoms with van der Waals surface area (Å²) in [6.45, 7) is 3.13. The van der Waals surface area contributed by atoms with Crippen LogP contribution in [0.4, 0.5) is 4.79 Å². The Morgan fingerprint density at radius 1 is 0.958 bits per heavy atom. The second kappa shape index (κ2) is 11.2. The fourth-order valence-electron chi connectivity index (χ4n) is 1.96. The van der Waals surface area contributed by atoms with Gasteiger partial charge in [-0.2, -0.15) is 0 Å². The molecule has 0 fully saturated rings. The van der Waals surface area contributed by atoms with Gasteiger partial charge in [-0.3, -0.25) is 9.59 Å². The molecule has 0 heterocycles. The largest absolute Gasteiger partial charge is 0.508 e. The van der Waals surface area contributed by atoms with E-state index in [4.69, 9.17) is 14.2 Å². The fraction of sp³-hybridized carbons (Fsp3) is 0.625. The van der Waals surface area contributed by atoms with Gasteiger partial charge in [0.1, 0.15) is 12.4 Å². The number of hydrogen-bond donors (Lipinski definition) is 0. The van der Waals surface area contributed by atoms with Crippen LogP contribution in [-0.2, 0) is 33.3 Å². The molecule has 8 heteroatoms. The van der Waals surface area contributed by atoms with Crippen LogP contribution < -0.4 is 0 Å². The summed E-state index contributed by atoms with van der Waals surface area (Å²) < 4.78 is 18.7. The Bertz CT molecular complexity index is 464. The van der Waals surface area contributed by atoms with E-state index in [9.17, 15) is 19.2 Å². The van der Waals surface area contributed by atoms with Gasteiger partial charge in [0.05, 0.1) is 20.8 Å². The third-order valence-corrected chi connectivity index (χ3v) is 3.25. The second-order valence-electron chi connectivity index (χ2n) is 4.94. The second-order valence-corrected chi connectivity index (χ2v) is 4.94. The third-order valence-electron chi connectivity index (χ3n) is 3.25. The predicted molar refractivity (Wildman–Crippen MR) is 83.1 cm³/mol. The highest BCUT2D eigenvalue weighted by molar-refractivity contribution is 6.00. The number of rotatable bonds is 10. The van der Waals surface area contributed by atoms with Crippen LogP contribution in [0.1, 0.15) is 33.1 Å². The van der Waals surface area contributed by atoms with Crippen LogP contribution in [0.3, 0.4) is 0 Å². The van der Waals surface area contributed by atoms with Gasteiger partial charge >= 0.3 is 18.1 Å². The number of ether oxygens (including phenoxy) is 4. The van der Waals surface area contributed by atoms with E-state index in [-0.39, 0.29) is 38.3 Å². The average molecular weight is 344 g/mol. The lowest BCUT2D eigenvalue weighted by molar-refractivity contribution is -0.169. The molecule has 8 nitrogen and oxygen atoms in total. The predicted octanol–water partition coefficient (Wildman–Crippen LogP) is 1.81. The van der Waals surface area contributed by atoms with Crippen LogP contribution in [-0.4, -0.2) is 51.3 Å². The van der Waals surface area contributed by atoms with Crippen LogP contribution >= 0.6 is 0 Å². The van der Waals surface area contributed by atoms with E-state index in [2.05, 4.69) is 4.74 Å². The summed E-state index contributed by atoms with van der Waals surface area (Å²) in [7, 11) is 2.31. The van der Waals surface area contributed by atoms with E-state index < -0.39 is 23.5 Å². The number of carbonyl (C=O) groups is 4. The summed E-state index contributed by atoms with van der Waals surface area (Å²) in [5.74, 6) is -1.74. The molecular formula is C16H24O8. The molecule has 0 amide bonds. The van der Waals surface area contributed by atoms with Crippen molar-refractivity contribution in [3.05, 3.63) is 12.2 Å². The van der Waals surface area contributed by atoms with Gasteiger partial charge in [0.25, 0.3) is 0 Å². The Kier molecular flexibility index (Phi) is 10.1. The molecule has 0 unspecified atom stereocenters. The topological polar surface area (TPSA) is 105 Å². The molecule has 24 heavy (non-hydrogen) atoms. The number of methoxy groups -OCH3 is 2. The molecule has 0 aliphatic rings. The maximum Gasteiger partial charge on any atom is 0.508 e. The van der Waals surface area contributed by atoms with Gasteiger partial charge in [-0.25, -0.2) is 4.79 Å². The fourth-order valence-corrected chi connectivity index (χ4v) is 1.96. The first-order valence-corrected chi connectivity index (χ1v) is 7.44. The van der Waals surface area contributed by atoms with E-state index in [1.165, 1.54) is 19.1 Å². The van der Waals surface area contributed by atoms with Crippen LogP contribution in [0.25, 0.3) is 0 Å². The molecule has 0 atom stereocenters. The molecule has 0 aliphatic heterocycles. The molecule has 0 bridgehead atoms. The lowest BCUT2D eigenvalue weighted by Gasteiger charge is -2.26. The van der Waals surface area contributed by atoms with Crippen molar-refractivity contribution in [3.63, 3.8) is 0 Å². The molecule has 0 spiro atoms. The van der Waals surface area contributed by atoms with Gasteiger partial charge in [-0.1, -0.05) is 12.2 Å². The lowest BCUT2D eigenvalue weighted by atomic mass is 9.79. The van der Waals surface area contributed by atoms with Crippen LogP contribution in [0.5, 0.6) is 0 Å². The highest BCUT2D eigenvalue weighted by Crippen LogP contribution is 2.32. The normalized spacial score (nSPS) is 11.0. The quantitative estimate of drug-likeness (QED) is 0.256. The number of ketones is 1. The van der Waals surface area contributed by atoms with Gasteiger partial charge in [0, 0.05) is 6.42 Å². The molecule has 0 saturated heterocycles. The summed E-state index contributed by atoms with van der Waals surface area (Å²) in [6.07, 6.45) is 2.08. The van der Waals surface area contributed by atoms with Gasteiger partial charge in [-0.15, -0.1) is 0 Å². The highest BCUT2D eigenvalue weighted by Gasteiger charge is 2.47. The molecule has 0 aromatic rings. The Hall–Kier alpha value is -2.38. The summed E-state index contributed by atoms with van der Waals surface area (Å²) in [4.78, 5) is 46.5. The number of hydrogen-bond acceptors (Lipinski definition) is 8. The molecule has 0 aromatic carbocycles. The van der Waals surface area contributed by atoms with E-state index in [0.717, 1.165) is 14.2 Å². The zero-order valence-corrected chi connectivity index (χ0v) is 14.5. The summed E-state index contributed by atoms with van der Waals surface area (Å²) in [5.41, 5.74) is -1.62. The van der Waals surface area contributed by atoms with E-state index in [1.54, 1.807) is 6.92 Å². The Balaban J connectivity index is 5.03. The smallest absolute Gasteiger partial charge is 0.468 e. The number of allylic oxidation sites excluding steroid dienone is 1. The Morgan fingerprint density at radius 2 is 1.54 bits per heavy atom. The van der Waals surface area contributed by atoms with Crippen LogP contribution in [0.15, 0.2) is 12.2 Å². The van der Waals surface area contributed by atoms with Crippen molar-refractivity contribution in [2.45, 2.75) is 33.1 Å². The van der Waals surface area contributed by atoms with Gasteiger partial charge < -0.3 is 23.7 Å². The number of carbonyl (C=O) groups excluding carboxylic acids is 4. The minimum Gasteiger partial charge on any atom is -0.468 e. The van der Waals surface area contributed by atoms with E-state index in [0.29, 0.717) is 0 Å². The molecule has 0 rings (SSSR count). The van der Waals surface area contributed by atoms with Crippen molar-refractivity contribution in [3.8, 4) is 0 Å². The molecule has 0 aromatic heterocycles. The minimum absolute atomic E-state index is 0.0252. The van der Waals surface area contributed by atoms with Crippen LogP contribution in [0, 0.1) is 5.41 Å². The molecule has 0 saturated carbocycles. The SMILES string of the molecule is CCOC(=O)OC/C=C\CC(CCC(C)=O)(C(=O)OC)C(=O)OC. The number of esters is 2. The first-order chi connectivity index (χ1) is 11.3. The summed E-state index contributed by atoms with van der Waals surface area (Å²) in [5, 5.41) is 0. The van der Waals surface area contributed by atoms with Crippen molar-refractivity contribution in [2.24, 2.45) is 5.41 Å². The standard InChI is InChI=1S/C16H24O8/c1-5-23-15(20)24-11-7-6-9-16(13(18)21-3,14(19)22-4)10-8-12(2)17/h6-7H,5,8-11H2,1-4H3/b7-6-. The molecule has 0 N–H and O–H groups in total. The molecule has 0 radical (unpaired) electrons. The average Bonchev–Trinajstić information content (AvgIpc) is 2.56. The van der Waals surface area contributed by atoms with E-state index >= 15 is 0 Å². The monoisotopic (exact) mass is 344 g/mol.